The Morgan fingerprint density at radius 2 is 2.19 bits per heavy atom. The van der Waals surface area contributed by atoms with E-state index in [-0.39, 0.29) is 5.91 Å². The third kappa shape index (κ3) is 6.10. The molecule has 116 valence electrons. The molecule has 1 heterocycles. The first-order chi connectivity index (χ1) is 10.3. The van der Waals surface area contributed by atoms with Crippen molar-refractivity contribution in [1.29, 1.82) is 0 Å². The number of carbonyl (C=O) groups is 1. The number of nitrogens with one attached hydrogen (secondary N) is 1. The second-order valence-electron chi connectivity index (χ2n) is 5.69. The van der Waals surface area contributed by atoms with Crippen molar-refractivity contribution in [3.05, 3.63) is 35.9 Å². The summed E-state index contributed by atoms with van der Waals surface area (Å²) in [5, 5.41) is 3.19. The standard InChI is InChI=1S/C17H26N2OS/c1-21-13-10-17(20)18-16-8-5-11-19(14-16)12-9-15-6-3-2-4-7-15/h2-4,6-7,16H,5,8-14H2,1H3,(H,18,20)/t16-/m1/s1. The molecular formula is C17H26N2OS. The van der Waals surface area contributed by atoms with Gasteiger partial charge in [0.15, 0.2) is 0 Å². The molecule has 0 spiro atoms. The molecule has 1 N–H and O–H groups in total. The molecular weight excluding hydrogens is 280 g/mol. The first-order valence-corrected chi connectivity index (χ1v) is 9.22. The van der Waals surface area contributed by atoms with Crippen molar-refractivity contribution in [3.8, 4) is 0 Å². The molecule has 0 aromatic heterocycles. The van der Waals surface area contributed by atoms with E-state index < -0.39 is 0 Å². The molecule has 1 aromatic rings. The van der Waals surface area contributed by atoms with Crippen molar-refractivity contribution in [3.63, 3.8) is 0 Å². The van der Waals surface area contributed by atoms with Gasteiger partial charge >= 0.3 is 0 Å². The number of amides is 1. The second-order valence-corrected chi connectivity index (χ2v) is 6.67. The van der Waals surface area contributed by atoms with E-state index in [0.29, 0.717) is 12.5 Å². The largest absolute Gasteiger partial charge is 0.352 e. The predicted molar refractivity (Wildman–Crippen MR) is 90.7 cm³/mol. The Labute approximate surface area is 132 Å². The van der Waals surface area contributed by atoms with Crippen LogP contribution in [0.3, 0.4) is 0 Å². The molecule has 0 unspecified atom stereocenters. The van der Waals surface area contributed by atoms with Crippen LogP contribution >= 0.6 is 11.8 Å². The Balaban J connectivity index is 1.71. The summed E-state index contributed by atoms with van der Waals surface area (Å²) < 4.78 is 0. The average Bonchev–Trinajstić information content (AvgIpc) is 2.52. The molecule has 1 amide bonds. The molecule has 0 saturated carbocycles. The highest BCUT2D eigenvalue weighted by molar-refractivity contribution is 7.98. The molecule has 1 fully saturated rings. The van der Waals surface area contributed by atoms with Crippen LogP contribution in [0, 0.1) is 0 Å². The number of piperidine rings is 1. The van der Waals surface area contributed by atoms with Crippen LogP contribution in [0.15, 0.2) is 30.3 Å². The van der Waals surface area contributed by atoms with Crippen molar-refractivity contribution in [1.82, 2.24) is 10.2 Å². The Kier molecular flexibility index (Phi) is 7.10. The van der Waals surface area contributed by atoms with Gasteiger partial charge in [0.25, 0.3) is 0 Å². The molecule has 1 saturated heterocycles. The molecule has 0 aliphatic carbocycles. The number of carbonyl (C=O) groups excluding carboxylic acids is 1. The third-order valence-corrected chi connectivity index (χ3v) is 4.58. The predicted octanol–water partition coefficient (Wildman–Crippen LogP) is 2.56. The Morgan fingerprint density at radius 3 is 2.95 bits per heavy atom. The van der Waals surface area contributed by atoms with Crippen LogP contribution in [0.2, 0.25) is 0 Å². The molecule has 0 radical (unpaired) electrons. The van der Waals surface area contributed by atoms with Crippen LogP contribution in [-0.4, -0.2) is 48.5 Å². The van der Waals surface area contributed by atoms with Gasteiger partial charge in [0.1, 0.15) is 0 Å². The van der Waals surface area contributed by atoms with Crippen molar-refractivity contribution in [2.24, 2.45) is 0 Å². The summed E-state index contributed by atoms with van der Waals surface area (Å²) in [5.74, 6) is 1.12. The second kappa shape index (κ2) is 9.11. The summed E-state index contributed by atoms with van der Waals surface area (Å²) in [6.45, 7) is 3.24. The van der Waals surface area contributed by atoms with E-state index in [9.17, 15) is 4.79 Å². The third-order valence-electron chi connectivity index (χ3n) is 3.96. The van der Waals surface area contributed by atoms with Crippen LogP contribution in [0.1, 0.15) is 24.8 Å². The fourth-order valence-corrected chi connectivity index (χ4v) is 3.19. The highest BCUT2D eigenvalue weighted by Crippen LogP contribution is 2.12. The maximum atomic E-state index is 11.8. The van der Waals surface area contributed by atoms with Gasteiger partial charge < -0.3 is 10.2 Å². The smallest absolute Gasteiger partial charge is 0.221 e. The minimum absolute atomic E-state index is 0.208. The van der Waals surface area contributed by atoms with Gasteiger partial charge in [0, 0.05) is 31.3 Å². The van der Waals surface area contributed by atoms with E-state index in [1.807, 2.05) is 6.26 Å². The first kappa shape index (κ1) is 16.4. The molecule has 3 nitrogen and oxygen atoms in total. The number of hydrogen-bond acceptors (Lipinski definition) is 3. The lowest BCUT2D eigenvalue weighted by Gasteiger charge is -2.33. The number of likely N-dealkylation sites (tertiary alicyclic amines) is 1. The minimum atomic E-state index is 0.208. The van der Waals surface area contributed by atoms with Gasteiger partial charge in [0.2, 0.25) is 5.91 Å². The summed E-state index contributed by atoms with van der Waals surface area (Å²) in [7, 11) is 0. The lowest BCUT2D eigenvalue weighted by atomic mass is 10.0. The molecule has 21 heavy (non-hydrogen) atoms. The molecule has 2 rings (SSSR count). The SMILES string of the molecule is CSCCC(=O)N[C@@H]1CCCN(CCc2ccccc2)C1. The van der Waals surface area contributed by atoms with Crippen LogP contribution in [0.4, 0.5) is 0 Å². The van der Waals surface area contributed by atoms with Crippen molar-refractivity contribution in [2.75, 3.05) is 31.6 Å². The highest BCUT2D eigenvalue weighted by Gasteiger charge is 2.20. The lowest BCUT2D eigenvalue weighted by Crippen LogP contribution is -2.48. The zero-order chi connectivity index (χ0) is 14.9. The van der Waals surface area contributed by atoms with Gasteiger partial charge in [-0.1, -0.05) is 30.3 Å². The summed E-state index contributed by atoms with van der Waals surface area (Å²) in [5.41, 5.74) is 1.39. The zero-order valence-electron chi connectivity index (χ0n) is 12.9. The summed E-state index contributed by atoms with van der Waals surface area (Å²) in [6.07, 6.45) is 6.07. The fourth-order valence-electron chi connectivity index (χ4n) is 2.80. The van der Waals surface area contributed by atoms with Crippen molar-refractivity contribution < 1.29 is 4.79 Å². The van der Waals surface area contributed by atoms with Gasteiger partial charge in [-0.3, -0.25) is 4.79 Å². The van der Waals surface area contributed by atoms with Gasteiger partial charge in [0.05, 0.1) is 0 Å². The molecule has 1 atom stereocenters. The Morgan fingerprint density at radius 1 is 1.38 bits per heavy atom. The zero-order valence-corrected chi connectivity index (χ0v) is 13.7. The number of benzene rings is 1. The minimum Gasteiger partial charge on any atom is -0.352 e. The van der Waals surface area contributed by atoms with E-state index in [2.05, 4.69) is 40.5 Å². The van der Waals surface area contributed by atoms with Crippen LogP contribution in [0.5, 0.6) is 0 Å². The molecule has 1 aromatic carbocycles. The summed E-state index contributed by atoms with van der Waals surface area (Å²) >= 11 is 1.73. The van der Waals surface area contributed by atoms with E-state index in [1.54, 1.807) is 11.8 Å². The number of rotatable bonds is 7. The highest BCUT2D eigenvalue weighted by atomic mass is 32.2. The normalized spacial score (nSPS) is 19.4. The Hall–Kier alpha value is -1.00. The van der Waals surface area contributed by atoms with Gasteiger partial charge in [-0.25, -0.2) is 0 Å². The van der Waals surface area contributed by atoms with Gasteiger partial charge in [-0.05, 0) is 37.6 Å². The number of hydrogen-bond donors (Lipinski definition) is 1. The number of thioether (sulfide) groups is 1. The maximum Gasteiger partial charge on any atom is 0.221 e. The van der Waals surface area contributed by atoms with Gasteiger partial charge in [-0.15, -0.1) is 0 Å². The Bertz CT molecular complexity index is 424. The van der Waals surface area contributed by atoms with Crippen molar-refractivity contribution in [2.45, 2.75) is 31.7 Å². The quantitative estimate of drug-likeness (QED) is 0.840. The molecule has 1 aliphatic heterocycles. The first-order valence-electron chi connectivity index (χ1n) is 7.82. The molecule has 0 bridgehead atoms. The summed E-state index contributed by atoms with van der Waals surface area (Å²) in [4.78, 5) is 14.3. The van der Waals surface area contributed by atoms with Crippen molar-refractivity contribution >= 4 is 17.7 Å². The monoisotopic (exact) mass is 306 g/mol. The van der Waals surface area contributed by atoms with E-state index in [0.717, 1.165) is 38.2 Å². The topological polar surface area (TPSA) is 32.3 Å². The van der Waals surface area contributed by atoms with Gasteiger partial charge in [-0.2, -0.15) is 11.8 Å². The maximum absolute atomic E-state index is 11.8. The van der Waals surface area contributed by atoms with E-state index in [1.165, 1.54) is 12.0 Å². The van der Waals surface area contributed by atoms with Crippen LogP contribution in [0.25, 0.3) is 0 Å². The number of nitrogens with zero attached hydrogens (tertiary/aromatic N) is 1. The summed E-state index contributed by atoms with van der Waals surface area (Å²) in [6, 6.07) is 11.0. The van der Waals surface area contributed by atoms with E-state index in [4.69, 9.17) is 0 Å². The molecule has 1 aliphatic rings. The van der Waals surface area contributed by atoms with Crippen LogP contribution in [-0.2, 0) is 11.2 Å². The average molecular weight is 306 g/mol. The van der Waals surface area contributed by atoms with E-state index >= 15 is 0 Å². The molecule has 4 heteroatoms. The van der Waals surface area contributed by atoms with Crippen LogP contribution < -0.4 is 5.32 Å². The lowest BCUT2D eigenvalue weighted by molar-refractivity contribution is -0.121. The fraction of sp³-hybridized carbons (Fsp3) is 0.588.